The van der Waals surface area contributed by atoms with Crippen LogP contribution < -0.4 is 5.32 Å². The predicted octanol–water partition coefficient (Wildman–Crippen LogP) is 2.35. The summed E-state index contributed by atoms with van der Waals surface area (Å²) in [5.74, 6) is -2.67. The van der Waals surface area contributed by atoms with Gasteiger partial charge in [0.15, 0.2) is 0 Å². The van der Waals surface area contributed by atoms with Crippen molar-refractivity contribution in [3.8, 4) is 0 Å². The summed E-state index contributed by atoms with van der Waals surface area (Å²) in [6.07, 6.45) is 0. The summed E-state index contributed by atoms with van der Waals surface area (Å²) < 4.78 is 0. The number of carbonyl (C=O) groups is 3. The zero-order valence-corrected chi connectivity index (χ0v) is 15.3. The highest BCUT2D eigenvalue weighted by atomic mass is 16.6. The molecule has 0 spiro atoms. The van der Waals surface area contributed by atoms with Crippen LogP contribution in [0.25, 0.3) is 0 Å². The van der Waals surface area contributed by atoms with Gasteiger partial charge < -0.3 is 5.32 Å². The molecule has 0 bridgehead atoms. The van der Waals surface area contributed by atoms with Gasteiger partial charge in [-0.3, -0.25) is 39.5 Å². The number of benzene rings is 2. The number of amides is 3. The van der Waals surface area contributed by atoms with Crippen LogP contribution in [0.15, 0.2) is 30.3 Å². The van der Waals surface area contributed by atoms with E-state index in [0.29, 0.717) is 16.0 Å². The summed E-state index contributed by atoms with van der Waals surface area (Å²) in [5.41, 5.74) is -0.148. The van der Waals surface area contributed by atoms with Crippen LogP contribution in [0.1, 0.15) is 31.8 Å². The van der Waals surface area contributed by atoms with Crippen LogP contribution in [0.4, 0.5) is 17.1 Å². The summed E-state index contributed by atoms with van der Waals surface area (Å²) in [6.45, 7) is 2.64. The number of carbonyl (C=O) groups excluding carboxylic acids is 3. The van der Waals surface area contributed by atoms with Gasteiger partial charge in [-0.1, -0.05) is 6.07 Å². The molecule has 1 aliphatic heterocycles. The van der Waals surface area contributed by atoms with Gasteiger partial charge in [0.05, 0.1) is 15.4 Å². The summed E-state index contributed by atoms with van der Waals surface area (Å²) >= 11 is 0. The minimum atomic E-state index is -0.970. The van der Waals surface area contributed by atoms with Gasteiger partial charge in [-0.05, 0) is 37.1 Å². The van der Waals surface area contributed by atoms with E-state index in [0.717, 1.165) is 6.07 Å². The fourth-order valence-electron chi connectivity index (χ4n) is 3.00. The Morgan fingerprint density at radius 1 is 1.00 bits per heavy atom. The van der Waals surface area contributed by atoms with E-state index in [4.69, 9.17) is 0 Å². The first-order chi connectivity index (χ1) is 13.6. The highest BCUT2D eigenvalue weighted by molar-refractivity contribution is 6.24. The summed E-state index contributed by atoms with van der Waals surface area (Å²) in [6, 6.07) is 6.33. The Morgan fingerprint density at radius 3 is 2.24 bits per heavy atom. The number of nitrogens with zero attached hydrogens (tertiary/aromatic N) is 3. The van der Waals surface area contributed by atoms with Crippen molar-refractivity contribution in [2.24, 2.45) is 0 Å². The molecule has 0 radical (unpaired) electrons. The number of hydrogen-bond donors (Lipinski definition) is 1. The first-order valence-corrected chi connectivity index (χ1v) is 8.31. The van der Waals surface area contributed by atoms with Gasteiger partial charge in [0.2, 0.25) is 5.91 Å². The molecule has 1 N–H and O–H groups in total. The highest BCUT2D eigenvalue weighted by Gasteiger charge is 2.41. The lowest BCUT2D eigenvalue weighted by Crippen LogP contribution is -2.37. The van der Waals surface area contributed by atoms with Gasteiger partial charge in [-0.25, -0.2) is 0 Å². The van der Waals surface area contributed by atoms with Gasteiger partial charge in [-0.15, -0.1) is 0 Å². The van der Waals surface area contributed by atoms with Gasteiger partial charge in [0, 0.05) is 12.1 Å². The molecule has 29 heavy (non-hydrogen) atoms. The topological polar surface area (TPSA) is 153 Å². The van der Waals surface area contributed by atoms with Crippen LogP contribution in [0.2, 0.25) is 0 Å². The van der Waals surface area contributed by atoms with E-state index in [1.807, 2.05) is 0 Å². The molecule has 0 saturated carbocycles. The van der Waals surface area contributed by atoms with E-state index in [2.05, 4.69) is 5.32 Å². The Bertz CT molecular complexity index is 1110. The standard InChI is InChI=1S/C18H14N4O7/c1-9-6-12(14(22(28)29)7-10(9)2)19-15(23)8-20-17(24)11-4-3-5-13(21(26)27)16(11)18(20)25/h3-7H,8H2,1-2H3,(H,19,23). The van der Waals surface area contributed by atoms with E-state index in [1.54, 1.807) is 13.8 Å². The number of imide groups is 1. The van der Waals surface area contributed by atoms with E-state index in [9.17, 15) is 34.6 Å². The second-order valence-electron chi connectivity index (χ2n) is 6.41. The Labute approximate surface area is 163 Å². The maximum atomic E-state index is 12.5. The molecule has 0 aromatic heterocycles. The third-order valence-corrected chi connectivity index (χ3v) is 4.56. The molecule has 0 saturated heterocycles. The van der Waals surface area contributed by atoms with Crippen molar-refractivity contribution in [2.45, 2.75) is 13.8 Å². The third kappa shape index (κ3) is 3.40. The number of hydrogen-bond acceptors (Lipinski definition) is 7. The van der Waals surface area contributed by atoms with Gasteiger partial charge in [-0.2, -0.15) is 0 Å². The van der Waals surface area contributed by atoms with Crippen molar-refractivity contribution in [1.29, 1.82) is 0 Å². The molecule has 148 valence electrons. The van der Waals surface area contributed by atoms with Crippen LogP contribution in [0.5, 0.6) is 0 Å². The number of anilines is 1. The highest BCUT2D eigenvalue weighted by Crippen LogP contribution is 2.31. The van der Waals surface area contributed by atoms with E-state index < -0.39 is 39.8 Å². The number of nitrogens with one attached hydrogen (secondary N) is 1. The van der Waals surface area contributed by atoms with Crippen molar-refractivity contribution in [2.75, 3.05) is 11.9 Å². The Balaban J connectivity index is 1.86. The van der Waals surface area contributed by atoms with Crippen LogP contribution >= 0.6 is 0 Å². The molecule has 2 aromatic carbocycles. The fraction of sp³-hybridized carbons (Fsp3) is 0.167. The molecule has 0 fully saturated rings. The Kier molecular flexibility index (Phi) is 4.81. The van der Waals surface area contributed by atoms with Gasteiger partial charge in [0.1, 0.15) is 17.8 Å². The van der Waals surface area contributed by atoms with E-state index >= 15 is 0 Å². The van der Waals surface area contributed by atoms with Crippen LogP contribution in [-0.2, 0) is 4.79 Å². The normalized spacial score (nSPS) is 12.7. The minimum Gasteiger partial charge on any atom is -0.319 e. The van der Waals surface area contributed by atoms with Crippen molar-refractivity contribution in [3.63, 3.8) is 0 Å². The van der Waals surface area contributed by atoms with Crippen molar-refractivity contribution in [1.82, 2.24) is 4.90 Å². The average molecular weight is 398 g/mol. The Morgan fingerprint density at radius 2 is 1.62 bits per heavy atom. The summed E-state index contributed by atoms with van der Waals surface area (Å²) in [5, 5.41) is 24.7. The maximum Gasteiger partial charge on any atom is 0.293 e. The fourth-order valence-corrected chi connectivity index (χ4v) is 3.00. The Hall–Kier alpha value is -4.15. The first-order valence-electron chi connectivity index (χ1n) is 8.31. The lowest BCUT2D eigenvalue weighted by atomic mass is 10.1. The smallest absolute Gasteiger partial charge is 0.293 e. The van der Waals surface area contributed by atoms with Gasteiger partial charge >= 0.3 is 0 Å². The lowest BCUT2D eigenvalue weighted by Gasteiger charge is -2.14. The number of rotatable bonds is 5. The summed E-state index contributed by atoms with van der Waals surface area (Å²) in [4.78, 5) is 58.8. The van der Waals surface area contributed by atoms with Crippen molar-refractivity contribution >= 4 is 34.8 Å². The molecule has 0 aliphatic carbocycles. The van der Waals surface area contributed by atoms with Crippen molar-refractivity contribution < 1.29 is 24.2 Å². The number of fused-ring (bicyclic) bond motifs is 1. The minimum absolute atomic E-state index is 0.0781. The van der Waals surface area contributed by atoms with Crippen LogP contribution in [0.3, 0.4) is 0 Å². The number of nitro benzene ring substituents is 2. The molecule has 0 unspecified atom stereocenters. The zero-order chi connectivity index (χ0) is 21.5. The van der Waals surface area contributed by atoms with Gasteiger partial charge in [0.25, 0.3) is 23.2 Å². The van der Waals surface area contributed by atoms with Crippen LogP contribution in [-0.4, -0.2) is 39.0 Å². The third-order valence-electron chi connectivity index (χ3n) is 4.56. The SMILES string of the molecule is Cc1cc(NC(=O)CN2C(=O)c3cccc([N+](=O)[O-])c3C2=O)c([N+](=O)[O-])cc1C. The lowest BCUT2D eigenvalue weighted by molar-refractivity contribution is -0.385. The number of aryl methyl sites for hydroxylation is 2. The summed E-state index contributed by atoms with van der Waals surface area (Å²) in [7, 11) is 0. The molecule has 0 atom stereocenters. The average Bonchev–Trinajstić information content (AvgIpc) is 2.89. The molecule has 2 aromatic rings. The molecule has 1 heterocycles. The van der Waals surface area contributed by atoms with Crippen molar-refractivity contribution in [3.05, 3.63) is 72.8 Å². The second-order valence-corrected chi connectivity index (χ2v) is 6.41. The molecule has 11 heteroatoms. The molecular weight excluding hydrogens is 384 g/mol. The second kappa shape index (κ2) is 7.11. The maximum absolute atomic E-state index is 12.5. The van der Waals surface area contributed by atoms with E-state index in [-0.39, 0.29) is 22.5 Å². The largest absolute Gasteiger partial charge is 0.319 e. The quantitative estimate of drug-likeness (QED) is 0.461. The monoisotopic (exact) mass is 398 g/mol. The van der Waals surface area contributed by atoms with Crippen LogP contribution in [0, 0.1) is 34.1 Å². The molecule has 3 rings (SSSR count). The molecular formula is C18H14N4O7. The predicted molar refractivity (Wildman–Crippen MR) is 99.7 cm³/mol. The zero-order valence-electron chi connectivity index (χ0n) is 15.3. The van der Waals surface area contributed by atoms with E-state index in [1.165, 1.54) is 24.3 Å². The molecule has 11 nitrogen and oxygen atoms in total. The first kappa shape index (κ1) is 19.6. The molecule has 1 aliphatic rings. The molecule has 3 amide bonds. The number of nitro groups is 2.